The molecule has 0 aromatic carbocycles. The molecule has 0 spiro atoms. The number of unbranched alkanes of at least 4 members (excludes halogenated alkanes) is 1. The Kier molecular flexibility index (Phi) is 7.26. The number of nitrogens with two attached hydrogens (primary N) is 1. The molecule has 1 saturated heterocycles. The normalized spacial score (nSPS) is 18.5. The molecule has 0 aliphatic carbocycles. The maximum Gasteiger partial charge on any atom is 0.324 e. The molecule has 22 heavy (non-hydrogen) atoms. The van der Waals surface area contributed by atoms with Gasteiger partial charge in [-0.25, -0.2) is 0 Å². The lowest BCUT2D eigenvalue weighted by atomic mass is 9.87. The summed E-state index contributed by atoms with van der Waals surface area (Å²) in [5.74, 6) is -1.05. The van der Waals surface area contributed by atoms with Gasteiger partial charge in [-0.2, -0.15) is 0 Å². The van der Waals surface area contributed by atoms with E-state index in [-0.39, 0.29) is 5.91 Å². The van der Waals surface area contributed by atoms with E-state index in [9.17, 15) is 19.5 Å². The lowest BCUT2D eigenvalue weighted by Crippen LogP contribution is -2.59. The Bertz CT molecular complexity index is 394. The van der Waals surface area contributed by atoms with Crippen molar-refractivity contribution in [1.29, 1.82) is 0 Å². The lowest BCUT2D eigenvalue weighted by molar-refractivity contribution is -0.149. The molecule has 8 nitrogen and oxygen atoms in total. The van der Waals surface area contributed by atoms with Crippen molar-refractivity contribution in [3.63, 3.8) is 0 Å². The highest BCUT2D eigenvalue weighted by Crippen LogP contribution is 2.23. The molecule has 2 amide bonds. The van der Waals surface area contributed by atoms with E-state index < -0.39 is 17.6 Å². The van der Waals surface area contributed by atoms with Gasteiger partial charge >= 0.3 is 5.97 Å². The highest BCUT2D eigenvalue weighted by Gasteiger charge is 2.41. The summed E-state index contributed by atoms with van der Waals surface area (Å²) in [6, 6.07) is -0.559. The maximum absolute atomic E-state index is 12.5. The smallest absolute Gasteiger partial charge is 0.324 e. The molecule has 0 bridgehead atoms. The number of amides is 2. The topological polar surface area (TPSA) is 125 Å². The second-order valence-electron chi connectivity index (χ2n) is 5.58. The van der Waals surface area contributed by atoms with Crippen molar-refractivity contribution in [3.05, 3.63) is 0 Å². The maximum atomic E-state index is 12.5. The van der Waals surface area contributed by atoms with Gasteiger partial charge in [0.1, 0.15) is 11.6 Å². The van der Waals surface area contributed by atoms with Crippen LogP contribution in [0.1, 0.15) is 32.1 Å². The SMILES string of the molecule is CNC1(C(=O)O)CCN(C(=O)C(CCCCN)NC=O)CC1. The lowest BCUT2D eigenvalue weighted by Gasteiger charge is -2.39. The zero-order valence-electron chi connectivity index (χ0n) is 13.0. The van der Waals surface area contributed by atoms with Crippen LogP contribution in [0.5, 0.6) is 0 Å². The fraction of sp³-hybridized carbons (Fsp3) is 0.786. The number of likely N-dealkylation sites (N-methyl/N-ethyl adjacent to an activating group) is 1. The van der Waals surface area contributed by atoms with Crippen LogP contribution in [0.15, 0.2) is 0 Å². The van der Waals surface area contributed by atoms with Gasteiger partial charge in [-0.15, -0.1) is 0 Å². The average molecular weight is 314 g/mol. The number of carbonyl (C=O) groups is 3. The van der Waals surface area contributed by atoms with E-state index in [2.05, 4.69) is 10.6 Å². The van der Waals surface area contributed by atoms with Gasteiger partial charge in [-0.3, -0.25) is 14.4 Å². The van der Waals surface area contributed by atoms with Crippen LogP contribution in [-0.4, -0.2) is 66.6 Å². The van der Waals surface area contributed by atoms with Gasteiger partial charge in [0.2, 0.25) is 12.3 Å². The van der Waals surface area contributed by atoms with E-state index in [0.29, 0.717) is 45.3 Å². The van der Waals surface area contributed by atoms with Crippen molar-refractivity contribution < 1.29 is 19.5 Å². The summed E-state index contributed by atoms with van der Waals surface area (Å²) in [5, 5.41) is 14.7. The summed E-state index contributed by atoms with van der Waals surface area (Å²) in [4.78, 5) is 36.1. The number of likely N-dealkylation sites (tertiary alicyclic amines) is 1. The second-order valence-corrected chi connectivity index (χ2v) is 5.58. The molecule has 126 valence electrons. The van der Waals surface area contributed by atoms with Crippen molar-refractivity contribution in [1.82, 2.24) is 15.5 Å². The van der Waals surface area contributed by atoms with Crippen molar-refractivity contribution in [2.45, 2.75) is 43.7 Å². The fourth-order valence-corrected chi connectivity index (χ4v) is 2.75. The molecule has 0 aromatic heterocycles. The van der Waals surface area contributed by atoms with E-state index >= 15 is 0 Å². The standard InChI is InChI=1S/C14H26N4O4/c1-16-14(13(21)22)5-8-18(9-6-14)12(20)11(17-10-19)4-2-3-7-15/h10-11,16H,2-9,15H2,1H3,(H,17,19)(H,21,22). The van der Waals surface area contributed by atoms with Gasteiger partial charge in [-0.05, 0) is 45.7 Å². The first-order valence-electron chi connectivity index (χ1n) is 7.61. The summed E-state index contributed by atoms with van der Waals surface area (Å²) in [7, 11) is 1.62. The van der Waals surface area contributed by atoms with Crippen LogP contribution in [0.3, 0.4) is 0 Å². The predicted octanol–water partition coefficient (Wildman–Crippen LogP) is -1.10. The molecule has 1 rings (SSSR count). The van der Waals surface area contributed by atoms with E-state index in [0.717, 1.165) is 12.8 Å². The third-order valence-electron chi connectivity index (χ3n) is 4.33. The molecular weight excluding hydrogens is 288 g/mol. The second kappa shape index (κ2) is 8.70. The summed E-state index contributed by atoms with van der Waals surface area (Å²) in [6.45, 7) is 1.27. The highest BCUT2D eigenvalue weighted by atomic mass is 16.4. The number of nitrogens with one attached hydrogen (secondary N) is 2. The van der Waals surface area contributed by atoms with Gasteiger partial charge in [0, 0.05) is 13.1 Å². The zero-order valence-corrected chi connectivity index (χ0v) is 13.0. The third-order valence-corrected chi connectivity index (χ3v) is 4.33. The first-order valence-corrected chi connectivity index (χ1v) is 7.61. The Morgan fingerprint density at radius 1 is 1.36 bits per heavy atom. The van der Waals surface area contributed by atoms with Gasteiger partial charge in [0.25, 0.3) is 0 Å². The molecule has 1 atom stereocenters. The van der Waals surface area contributed by atoms with Crippen LogP contribution in [0.25, 0.3) is 0 Å². The molecule has 8 heteroatoms. The highest BCUT2D eigenvalue weighted by molar-refractivity contribution is 5.84. The minimum absolute atomic E-state index is 0.154. The Hall–Kier alpha value is -1.67. The summed E-state index contributed by atoms with van der Waals surface area (Å²) >= 11 is 0. The average Bonchev–Trinajstić information content (AvgIpc) is 2.53. The van der Waals surface area contributed by atoms with Crippen LogP contribution >= 0.6 is 0 Å². The minimum atomic E-state index is -0.968. The first-order chi connectivity index (χ1) is 10.5. The van der Waals surface area contributed by atoms with E-state index in [1.165, 1.54) is 0 Å². The van der Waals surface area contributed by atoms with Gasteiger partial charge in [0.15, 0.2) is 0 Å². The number of piperidine rings is 1. The summed E-state index contributed by atoms with van der Waals surface area (Å²) < 4.78 is 0. The molecule has 1 fully saturated rings. The summed E-state index contributed by atoms with van der Waals surface area (Å²) in [6.07, 6.45) is 3.33. The van der Waals surface area contributed by atoms with Crippen molar-refractivity contribution in [3.8, 4) is 0 Å². The van der Waals surface area contributed by atoms with Gasteiger partial charge in [0.05, 0.1) is 0 Å². The molecular formula is C14H26N4O4. The number of carbonyl (C=O) groups excluding carboxylic acids is 2. The van der Waals surface area contributed by atoms with Crippen LogP contribution in [-0.2, 0) is 14.4 Å². The number of nitrogens with zero attached hydrogens (tertiary/aromatic N) is 1. The van der Waals surface area contributed by atoms with Crippen LogP contribution < -0.4 is 16.4 Å². The number of carboxylic acids is 1. The van der Waals surface area contributed by atoms with Crippen molar-refractivity contribution in [2.75, 3.05) is 26.7 Å². The van der Waals surface area contributed by atoms with E-state index in [1.807, 2.05) is 0 Å². The van der Waals surface area contributed by atoms with Crippen molar-refractivity contribution in [2.24, 2.45) is 5.73 Å². The zero-order chi connectivity index (χ0) is 16.6. The monoisotopic (exact) mass is 314 g/mol. The van der Waals surface area contributed by atoms with E-state index in [1.54, 1.807) is 11.9 Å². The molecule has 1 aliphatic heterocycles. The molecule has 1 heterocycles. The Labute approximate surface area is 130 Å². The van der Waals surface area contributed by atoms with Crippen LogP contribution in [0, 0.1) is 0 Å². The largest absolute Gasteiger partial charge is 0.480 e. The van der Waals surface area contributed by atoms with Gasteiger partial charge in [-0.1, -0.05) is 0 Å². The molecule has 1 aliphatic rings. The quantitative estimate of drug-likeness (QED) is 0.316. The third kappa shape index (κ3) is 4.41. The number of aliphatic carboxylic acids is 1. The Morgan fingerprint density at radius 3 is 2.45 bits per heavy atom. The Balaban J connectivity index is 2.61. The van der Waals surface area contributed by atoms with Crippen LogP contribution in [0.2, 0.25) is 0 Å². The molecule has 1 unspecified atom stereocenters. The van der Waals surface area contributed by atoms with Crippen LogP contribution in [0.4, 0.5) is 0 Å². The summed E-state index contributed by atoms with van der Waals surface area (Å²) in [5.41, 5.74) is 4.46. The van der Waals surface area contributed by atoms with Crippen molar-refractivity contribution >= 4 is 18.3 Å². The minimum Gasteiger partial charge on any atom is -0.480 e. The fourth-order valence-electron chi connectivity index (χ4n) is 2.75. The number of hydrogen-bond acceptors (Lipinski definition) is 5. The van der Waals surface area contributed by atoms with Gasteiger partial charge < -0.3 is 26.4 Å². The molecule has 5 N–H and O–H groups in total. The predicted molar refractivity (Wildman–Crippen MR) is 81.1 cm³/mol. The number of hydrogen-bond donors (Lipinski definition) is 4. The number of rotatable bonds is 9. The van der Waals surface area contributed by atoms with E-state index in [4.69, 9.17) is 5.73 Å². The number of carboxylic acid groups (broad SMARTS) is 1. The molecule has 0 aromatic rings. The Morgan fingerprint density at radius 2 is 2.00 bits per heavy atom. The molecule has 0 radical (unpaired) electrons. The first kappa shape index (κ1) is 18.4. The molecule has 0 saturated carbocycles.